The van der Waals surface area contributed by atoms with Gasteiger partial charge in [-0.15, -0.1) is 0 Å². The van der Waals surface area contributed by atoms with Gasteiger partial charge in [0.25, 0.3) is 0 Å². The highest BCUT2D eigenvalue weighted by atomic mass is 16.5. The molecule has 1 saturated carbocycles. The summed E-state index contributed by atoms with van der Waals surface area (Å²) in [5, 5.41) is 15.0. The Bertz CT molecular complexity index is 1030. The first-order valence-electron chi connectivity index (χ1n) is 12.0. The van der Waals surface area contributed by atoms with E-state index in [9.17, 15) is 19.5 Å². The number of benzene rings is 2. The molecule has 1 fully saturated rings. The summed E-state index contributed by atoms with van der Waals surface area (Å²) in [6, 6.07) is 16.4. The second-order valence-electron chi connectivity index (χ2n) is 9.64. The summed E-state index contributed by atoms with van der Waals surface area (Å²) in [6.07, 6.45) is 2.21. The molecular weight excluding hydrogens is 432 g/mol. The highest BCUT2D eigenvalue weighted by Crippen LogP contribution is 2.44. The highest BCUT2D eigenvalue weighted by molar-refractivity contribution is 5.86. The van der Waals surface area contributed by atoms with E-state index in [0.29, 0.717) is 25.7 Å². The Morgan fingerprint density at radius 2 is 1.62 bits per heavy atom. The van der Waals surface area contributed by atoms with E-state index in [1.807, 2.05) is 31.2 Å². The Morgan fingerprint density at radius 3 is 2.18 bits per heavy atom. The second kappa shape index (κ2) is 9.87. The number of hydrogen-bond donors (Lipinski definition) is 3. The number of carbonyl (C=O) groups is 3. The van der Waals surface area contributed by atoms with Gasteiger partial charge in [0.05, 0.1) is 0 Å². The van der Waals surface area contributed by atoms with Crippen molar-refractivity contribution in [1.82, 2.24) is 10.6 Å². The van der Waals surface area contributed by atoms with E-state index in [0.717, 1.165) is 0 Å². The SMILES string of the molecule is CCCC(C)(NC(=O)CC1CC(NC(=O)OCC2c3ccccc3-c3ccccc32)C1)C(=O)O. The minimum Gasteiger partial charge on any atom is -0.480 e. The van der Waals surface area contributed by atoms with E-state index >= 15 is 0 Å². The minimum atomic E-state index is -1.24. The number of nitrogens with one attached hydrogen (secondary N) is 2. The fraction of sp³-hybridized carbons (Fsp3) is 0.444. The van der Waals surface area contributed by atoms with Crippen LogP contribution in [0.1, 0.15) is 63.0 Å². The first-order valence-corrected chi connectivity index (χ1v) is 12.0. The van der Waals surface area contributed by atoms with Crippen LogP contribution in [-0.2, 0) is 14.3 Å². The molecule has 7 nitrogen and oxygen atoms in total. The molecule has 2 aromatic carbocycles. The molecule has 34 heavy (non-hydrogen) atoms. The predicted molar refractivity (Wildman–Crippen MR) is 128 cm³/mol. The molecule has 0 bridgehead atoms. The number of aliphatic carboxylic acids is 1. The van der Waals surface area contributed by atoms with Gasteiger partial charge < -0.3 is 20.5 Å². The van der Waals surface area contributed by atoms with Crippen LogP contribution in [0.25, 0.3) is 11.1 Å². The first-order chi connectivity index (χ1) is 16.3. The van der Waals surface area contributed by atoms with Crippen molar-refractivity contribution in [3.63, 3.8) is 0 Å². The van der Waals surface area contributed by atoms with Gasteiger partial charge in [-0.3, -0.25) is 4.79 Å². The van der Waals surface area contributed by atoms with E-state index in [4.69, 9.17) is 4.74 Å². The molecule has 7 heteroatoms. The summed E-state index contributed by atoms with van der Waals surface area (Å²) in [7, 11) is 0. The largest absolute Gasteiger partial charge is 0.480 e. The molecule has 2 amide bonds. The third-order valence-corrected chi connectivity index (χ3v) is 7.01. The second-order valence-corrected chi connectivity index (χ2v) is 9.64. The normalized spacial score (nSPS) is 20.3. The number of carboxylic acid groups (broad SMARTS) is 1. The van der Waals surface area contributed by atoms with Crippen LogP contribution in [0.5, 0.6) is 0 Å². The molecular formula is C27H32N2O5. The van der Waals surface area contributed by atoms with Crippen molar-refractivity contribution in [2.75, 3.05) is 6.61 Å². The van der Waals surface area contributed by atoms with Crippen molar-refractivity contribution < 1.29 is 24.2 Å². The van der Waals surface area contributed by atoms with Crippen molar-refractivity contribution in [2.45, 2.75) is 63.5 Å². The lowest BCUT2D eigenvalue weighted by atomic mass is 9.78. The summed E-state index contributed by atoms with van der Waals surface area (Å²) in [5.41, 5.74) is 3.47. The van der Waals surface area contributed by atoms with Crippen molar-refractivity contribution >= 4 is 18.0 Å². The van der Waals surface area contributed by atoms with Crippen molar-refractivity contribution in [2.24, 2.45) is 5.92 Å². The van der Waals surface area contributed by atoms with Gasteiger partial charge in [0.15, 0.2) is 0 Å². The first kappa shape index (κ1) is 23.8. The smallest absolute Gasteiger partial charge is 0.407 e. The van der Waals surface area contributed by atoms with Crippen LogP contribution < -0.4 is 10.6 Å². The van der Waals surface area contributed by atoms with Gasteiger partial charge in [-0.1, -0.05) is 61.9 Å². The lowest BCUT2D eigenvalue weighted by Gasteiger charge is -2.36. The standard InChI is InChI=1S/C27H32N2O5/c1-3-12-27(2,25(31)32)29-24(30)15-17-13-18(14-17)28-26(33)34-16-23-21-10-6-4-8-19(21)20-9-5-7-11-22(20)23/h4-11,17-18,23H,3,12-16H2,1-2H3,(H,28,33)(H,29,30)(H,31,32). The molecule has 1 unspecified atom stereocenters. The van der Waals surface area contributed by atoms with Crippen LogP contribution in [0, 0.1) is 5.92 Å². The summed E-state index contributed by atoms with van der Waals surface area (Å²) in [4.78, 5) is 36.3. The number of alkyl carbamates (subject to hydrolysis) is 1. The lowest BCUT2D eigenvalue weighted by molar-refractivity contribution is -0.147. The molecule has 2 aliphatic carbocycles. The summed E-state index contributed by atoms with van der Waals surface area (Å²) in [6.45, 7) is 3.70. The number of carboxylic acids is 1. The van der Waals surface area contributed by atoms with Gasteiger partial charge in [-0.05, 0) is 54.4 Å². The number of ether oxygens (including phenoxy) is 1. The third kappa shape index (κ3) is 4.93. The van der Waals surface area contributed by atoms with Crippen molar-refractivity contribution in [3.05, 3.63) is 59.7 Å². The molecule has 0 heterocycles. The predicted octanol–water partition coefficient (Wildman–Crippen LogP) is 4.45. The zero-order chi connectivity index (χ0) is 24.3. The Hall–Kier alpha value is -3.35. The number of rotatable bonds is 9. The van der Waals surface area contributed by atoms with Gasteiger partial charge in [0.1, 0.15) is 12.1 Å². The van der Waals surface area contributed by atoms with Crippen LogP contribution in [0.15, 0.2) is 48.5 Å². The van der Waals surface area contributed by atoms with Gasteiger partial charge in [0, 0.05) is 18.4 Å². The third-order valence-electron chi connectivity index (χ3n) is 7.01. The highest BCUT2D eigenvalue weighted by Gasteiger charge is 2.37. The topological polar surface area (TPSA) is 105 Å². The molecule has 0 saturated heterocycles. The maximum atomic E-state index is 12.4. The van der Waals surface area contributed by atoms with Crippen molar-refractivity contribution in [1.29, 1.82) is 0 Å². The van der Waals surface area contributed by atoms with Gasteiger partial charge in [-0.25, -0.2) is 9.59 Å². The average Bonchev–Trinajstić information content (AvgIpc) is 3.10. The minimum absolute atomic E-state index is 0.0163. The molecule has 0 spiro atoms. The molecule has 3 N–H and O–H groups in total. The van der Waals surface area contributed by atoms with Gasteiger partial charge >= 0.3 is 12.1 Å². The van der Waals surface area contributed by atoms with E-state index in [1.54, 1.807) is 6.92 Å². The molecule has 0 radical (unpaired) electrons. The maximum absolute atomic E-state index is 12.4. The molecule has 2 aromatic rings. The van der Waals surface area contributed by atoms with Gasteiger partial charge in [0.2, 0.25) is 5.91 Å². The molecule has 0 aliphatic heterocycles. The Labute approximate surface area is 199 Å². The number of carbonyl (C=O) groups excluding carboxylic acids is 2. The van der Waals surface area contributed by atoms with Gasteiger partial charge in [-0.2, -0.15) is 0 Å². The van der Waals surface area contributed by atoms with E-state index in [2.05, 4.69) is 34.9 Å². The molecule has 180 valence electrons. The van der Waals surface area contributed by atoms with E-state index in [-0.39, 0.29) is 36.8 Å². The number of amides is 2. The van der Waals surface area contributed by atoms with Crippen LogP contribution in [-0.4, -0.2) is 41.3 Å². The molecule has 4 rings (SSSR count). The zero-order valence-electron chi connectivity index (χ0n) is 19.7. The summed E-state index contributed by atoms with van der Waals surface area (Å²) < 4.78 is 5.59. The van der Waals surface area contributed by atoms with E-state index < -0.39 is 17.6 Å². The average molecular weight is 465 g/mol. The Morgan fingerprint density at radius 1 is 1.03 bits per heavy atom. The monoisotopic (exact) mass is 464 g/mol. The molecule has 2 aliphatic rings. The fourth-order valence-corrected chi connectivity index (χ4v) is 5.17. The Balaban J connectivity index is 1.23. The summed E-state index contributed by atoms with van der Waals surface area (Å²) in [5.74, 6) is -1.14. The van der Waals surface area contributed by atoms with Crippen LogP contribution in [0.2, 0.25) is 0 Å². The fourth-order valence-electron chi connectivity index (χ4n) is 5.17. The van der Waals surface area contributed by atoms with Crippen molar-refractivity contribution in [3.8, 4) is 11.1 Å². The molecule has 0 aromatic heterocycles. The maximum Gasteiger partial charge on any atom is 0.407 e. The van der Waals surface area contributed by atoms with Crippen LogP contribution in [0.3, 0.4) is 0 Å². The zero-order valence-corrected chi connectivity index (χ0v) is 19.7. The summed E-state index contributed by atoms with van der Waals surface area (Å²) >= 11 is 0. The lowest BCUT2D eigenvalue weighted by Crippen LogP contribution is -2.53. The quantitative estimate of drug-likeness (QED) is 0.508. The Kier molecular flexibility index (Phi) is 6.91. The van der Waals surface area contributed by atoms with Crippen LogP contribution >= 0.6 is 0 Å². The number of hydrogen-bond acceptors (Lipinski definition) is 4. The van der Waals surface area contributed by atoms with Crippen LogP contribution in [0.4, 0.5) is 4.79 Å². The van der Waals surface area contributed by atoms with E-state index in [1.165, 1.54) is 22.3 Å². The molecule has 1 atom stereocenters. The number of fused-ring (bicyclic) bond motifs is 3.